The average Bonchev–Trinajstić information content (AvgIpc) is 3.00. The van der Waals surface area contributed by atoms with Crippen LogP contribution in [0.3, 0.4) is 0 Å². The highest BCUT2D eigenvalue weighted by molar-refractivity contribution is 6.34. The van der Waals surface area contributed by atoms with E-state index in [9.17, 15) is 9.59 Å². The number of nitrogens with one attached hydrogen (secondary N) is 2. The van der Waals surface area contributed by atoms with Crippen molar-refractivity contribution in [2.45, 2.75) is 27.4 Å². The van der Waals surface area contributed by atoms with Crippen LogP contribution in [-0.2, 0) is 11.4 Å². The Labute approximate surface area is 173 Å². The molecule has 2 N–H and O–H groups in total. The van der Waals surface area contributed by atoms with Gasteiger partial charge in [0.15, 0.2) is 0 Å². The van der Waals surface area contributed by atoms with E-state index >= 15 is 0 Å². The molecule has 0 aliphatic heterocycles. The average molecular weight is 414 g/mol. The molecule has 2 amide bonds. The van der Waals surface area contributed by atoms with Crippen LogP contribution >= 0.6 is 11.6 Å². The summed E-state index contributed by atoms with van der Waals surface area (Å²) in [5.74, 6) is 0.844. The summed E-state index contributed by atoms with van der Waals surface area (Å²) in [5.41, 5.74) is 3.18. The maximum atomic E-state index is 12.4. The van der Waals surface area contributed by atoms with Crippen LogP contribution < -0.4 is 15.4 Å². The first-order valence-electron chi connectivity index (χ1n) is 8.86. The van der Waals surface area contributed by atoms with Crippen LogP contribution in [0, 0.1) is 13.8 Å². The highest BCUT2D eigenvalue weighted by Gasteiger charge is 2.11. The van der Waals surface area contributed by atoms with Gasteiger partial charge in [-0.2, -0.15) is 0 Å². The summed E-state index contributed by atoms with van der Waals surface area (Å²) in [4.78, 5) is 23.6. The minimum atomic E-state index is -0.286. The molecule has 7 nitrogen and oxygen atoms in total. The summed E-state index contributed by atoms with van der Waals surface area (Å²) >= 11 is 6.13. The molecule has 0 unspecified atom stereocenters. The Hall–Kier alpha value is -3.32. The van der Waals surface area contributed by atoms with Gasteiger partial charge < -0.3 is 19.9 Å². The van der Waals surface area contributed by atoms with Gasteiger partial charge in [0.2, 0.25) is 5.91 Å². The number of nitrogens with zero attached hydrogens (tertiary/aromatic N) is 1. The molecule has 29 heavy (non-hydrogen) atoms. The van der Waals surface area contributed by atoms with Crippen LogP contribution in [0.4, 0.5) is 11.4 Å². The van der Waals surface area contributed by atoms with E-state index in [1.54, 1.807) is 42.5 Å². The lowest BCUT2D eigenvalue weighted by Crippen LogP contribution is -2.12. The molecule has 0 aliphatic rings. The molecule has 150 valence electrons. The third-order valence-electron chi connectivity index (χ3n) is 4.22. The van der Waals surface area contributed by atoms with Crippen molar-refractivity contribution in [3.8, 4) is 5.75 Å². The fourth-order valence-corrected chi connectivity index (χ4v) is 2.88. The van der Waals surface area contributed by atoms with Crippen LogP contribution in [0.15, 0.2) is 47.0 Å². The van der Waals surface area contributed by atoms with Gasteiger partial charge in [-0.3, -0.25) is 9.59 Å². The van der Waals surface area contributed by atoms with E-state index in [0.29, 0.717) is 34.3 Å². The van der Waals surface area contributed by atoms with Gasteiger partial charge in [0.05, 0.1) is 22.0 Å². The van der Waals surface area contributed by atoms with Crippen LogP contribution in [0.25, 0.3) is 0 Å². The van der Waals surface area contributed by atoms with Crippen molar-refractivity contribution in [3.63, 3.8) is 0 Å². The zero-order valence-electron chi connectivity index (χ0n) is 16.2. The lowest BCUT2D eigenvalue weighted by molar-refractivity contribution is -0.114. The molecule has 1 heterocycles. The van der Waals surface area contributed by atoms with Gasteiger partial charge in [0.25, 0.3) is 5.91 Å². The van der Waals surface area contributed by atoms with Crippen LogP contribution in [0.2, 0.25) is 5.02 Å². The number of carbonyl (C=O) groups is 2. The van der Waals surface area contributed by atoms with E-state index in [4.69, 9.17) is 20.9 Å². The van der Waals surface area contributed by atoms with Gasteiger partial charge in [0.1, 0.15) is 18.1 Å². The number of carbonyl (C=O) groups excluding carboxylic acids is 2. The number of benzene rings is 2. The summed E-state index contributed by atoms with van der Waals surface area (Å²) in [6, 6.07) is 11.7. The second-order valence-corrected chi connectivity index (χ2v) is 6.85. The molecular formula is C21H20ClN3O4. The largest absolute Gasteiger partial charge is 0.489 e. The second kappa shape index (κ2) is 8.79. The Bertz CT molecular complexity index is 1030. The zero-order valence-corrected chi connectivity index (χ0v) is 17.0. The fraction of sp³-hybridized carbons (Fsp3) is 0.190. The number of amides is 2. The molecule has 1 aromatic heterocycles. The van der Waals surface area contributed by atoms with E-state index in [0.717, 1.165) is 17.0 Å². The summed E-state index contributed by atoms with van der Waals surface area (Å²) in [5, 5.41) is 9.61. The van der Waals surface area contributed by atoms with Crippen molar-refractivity contribution >= 4 is 34.8 Å². The predicted octanol–water partition coefficient (Wildman–Crippen LogP) is 4.73. The normalized spacial score (nSPS) is 10.5. The van der Waals surface area contributed by atoms with Gasteiger partial charge in [-0.15, -0.1) is 0 Å². The molecule has 0 spiro atoms. The second-order valence-electron chi connectivity index (χ2n) is 6.45. The van der Waals surface area contributed by atoms with Crippen molar-refractivity contribution in [3.05, 3.63) is 70.1 Å². The fourth-order valence-electron chi connectivity index (χ4n) is 2.65. The van der Waals surface area contributed by atoms with Gasteiger partial charge in [-0.05, 0) is 56.3 Å². The Kier molecular flexibility index (Phi) is 6.19. The van der Waals surface area contributed by atoms with Gasteiger partial charge in [0, 0.05) is 18.2 Å². The molecule has 2 aromatic carbocycles. The number of aromatic nitrogens is 1. The topological polar surface area (TPSA) is 93.5 Å². The number of anilines is 2. The van der Waals surface area contributed by atoms with E-state index < -0.39 is 0 Å². The lowest BCUT2D eigenvalue weighted by Gasteiger charge is -2.10. The minimum absolute atomic E-state index is 0.222. The molecule has 8 heteroatoms. The molecule has 0 bridgehead atoms. The first-order chi connectivity index (χ1) is 13.8. The van der Waals surface area contributed by atoms with Gasteiger partial charge in [-0.1, -0.05) is 16.8 Å². The van der Waals surface area contributed by atoms with Crippen molar-refractivity contribution in [2.75, 3.05) is 10.6 Å². The number of hydrogen-bond donors (Lipinski definition) is 2. The van der Waals surface area contributed by atoms with E-state index in [1.807, 2.05) is 13.8 Å². The predicted molar refractivity (Wildman–Crippen MR) is 110 cm³/mol. The van der Waals surface area contributed by atoms with Crippen LogP contribution in [0.1, 0.15) is 34.3 Å². The SMILES string of the molecule is CC(=O)Nc1ccc(NC(=O)c2ccc(OCc3c(C)noc3C)cc2)cc1Cl. The zero-order chi connectivity index (χ0) is 21.0. The first kappa shape index (κ1) is 20.4. The van der Waals surface area contributed by atoms with Crippen molar-refractivity contribution in [1.29, 1.82) is 0 Å². The Morgan fingerprint density at radius 1 is 1.10 bits per heavy atom. The van der Waals surface area contributed by atoms with E-state index in [1.165, 1.54) is 6.92 Å². The number of ether oxygens (including phenoxy) is 1. The van der Waals surface area contributed by atoms with Gasteiger partial charge >= 0.3 is 0 Å². The maximum absolute atomic E-state index is 12.4. The summed E-state index contributed by atoms with van der Waals surface area (Å²) in [6.07, 6.45) is 0. The quantitative estimate of drug-likeness (QED) is 0.609. The number of halogens is 1. The van der Waals surface area contributed by atoms with Crippen molar-refractivity contribution < 1.29 is 18.8 Å². The third kappa shape index (κ3) is 5.14. The molecule has 0 atom stereocenters. The summed E-state index contributed by atoms with van der Waals surface area (Å²) in [6.45, 7) is 5.43. The number of rotatable bonds is 6. The molecule has 0 aliphatic carbocycles. The molecule has 3 aromatic rings. The highest BCUT2D eigenvalue weighted by atomic mass is 35.5. The number of aryl methyl sites for hydroxylation is 2. The van der Waals surface area contributed by atoms with Crippen LogP contribution in [-0.4, -0.2) is 17.0 Å². The molecule has 0 saturated carbocycles. The van der Waals surface area contributed by atoms with E-state index in [2.05, 4.69) is 15.8 Å². The van der Waals surface area contributed by atoms with E-state index in [-0.39, 0.29) is 11.8 Å². The van der Waals surface area contributed by atoms with Crippen molar-refractivity contribution in [1.82, 2.24) is 5.16 Å². The van der Waals surface area contributed by atoms with Gasteiger partial charge in [-0.25, -0.2) is 0 Å². The summed E-state index contributed by atoms with van der Waals surface area (Å²) < 4.78 is 10.9. The Morgan fingerprint density at radius 3 is 2.41 bits per heavy atom. The molecule has 0 fully saturated rings. The monoisotopic (exact) mass is 413 g/mol. The van der Waals surface area contributed by atoms with Crippen LogP contribution in [0.5, 0.6) is 5.75 Å². The molecule has 0 radical (unpaired) electrons. The lowest BCUT2D eigenvalue weighted by atomic mass is 10.2. The number of hydrogen-bond acceptors (Lipinski definition) is 5. The maximum Gasteiger partial charge on any atom is 0.255 e. The molecule has 0 saturated heterocycles. The Morgan fingerprint density at radius 2 is 1.83 bits per heavy atom. The molecular weight excluding hydrogens is 394 g/mol. The highest BCUT2D eigenvalue weighted by Crippen LogP contribution is 2.26. The van der Waals surface area contributed by atoms with Crippen molar-refractivity contribution in [2.24, 2.45) is 0 Å². The minimum Gasteiger partial charge on any atom is -0.489 e. The summed E-state index contributed by atoms with van der Waals surface area (Å²) in [7, 11) is 0. The molecule has 3 rings (SSSR count). The third-order valence-corrected chi connectivity index (χ3v) is 4.53. The Balaban J connectivity index is 1.61. The smallest absolute Gasteiger partial charge is 0.255 e. The first-order valence-corrected chi connectivity index (χ1v) is 9.24. The standard InChI is InChI=1S/C21H20ClN3O4/c1-12-18(13(2)29-25-12)11-28-17-7-4-15(5-8-17)21(27)24-16-6-9-20(19(22)10-16)23-14(3)26/h4-10H,11H2,1-3H3,(H,23,26)(H,24,27).